The third-order valence-electron chi connectivity index (χ3n) is 6.43. The van der Waals surface area contributed by atoms with Gasteiger partial charge in [0.15, 0.2) is 0 Å². The normalized spacial score (nSPS) is 11.1. The summed E-state index contributed by atoms with van der Waals surface area (Å²) < 4.78 is 39.4. The summed E-state index contributed by atoms with van der Waals surface area (Å²) in [6, 6.07) is 18.7. The summed E-state index contributed by atoms with van der Waals surface area (Å²) in [5.41, 5.74) is 4.01. The molecule has 0 aliphatic rings. The minimum atomic E-state index is -4.45. The van der Waals surface area contributed by atoms with Gasteiger partial charge in [-0.05, 0) is 44.0 Å². The molecule has 0 fully saturated rings. The van der Waals surface area contributed by atoms with E-state index in [1.54, 1.807) is 47.6 Å². The van der Waals surface area contributed by atoms with E-state index in [2.05, 4.69) is 13.8 Å². The zero-order chi connectivity index (χ0) is 28.4. The quantitative estimate of drug-likeness (QED) is 0.242. The third-order valence-corrected chi connectivity index (χ3v) is 7.14. The standard InChI is InChI=1S/C14H18N2O.C13H17N3O4S.Na/c1-10(2)13-11(3)15(4)16(14(13)17)12-8-6-5-7-9-12;1-10-12(14(2)9-21(18,19)20)13(17)16(15(10)3)11-7-5-4-6-8-11;/h5-10H,1-4H3;4-8H,9H2,1-3H3,(H,18,19,20);/q;;+1/p-1. The first-order valence-corrected chi connectivity index (χ1v) is 13.7. The van der Waals surface area contributed by atoms with Gasteiger partial charge >= 0.3 is 29.6 Å². The first-order chi connectivity index (χ1) is 17.8. The number of nitrogens with zero attached hydrogens (tertiary/aromatic N) is 5. The van der Waals surface area contributed by atoms with Crippen molar-refractivity contribution < 1.29 is 42.5 Å². The molecular formula is C27H34N5NaO5S. The van der Waals surface area contributed by atoms with Crippen LogP contribution in [0.15, 0.2) is 70.3 Å². The van der Waals surface area contributed by atoms with E-state index in [4.69, 9.17) is 0 Å². The number of benzene rings is 2. The maximum atomic E-state index is 12.5. The third kappa shape index (κ3) is 7.03. The molecule has 0 bridgehead atoms. The molecule has 0 aliphatic heterocycles. The van der Waals surface area contributed by atoms with Gasteiger partial charge in [0.2, 0.25) is 0 Å². The van der Waals surface area contributed by atoms with Crippen LogP contribution in [0.3, 0.4) is 0 Å². The second-order valence-electron chi connectivity index (χ2n) is 9.42. The summed E-state index contributed by atoms with van der Waals surface area (Å²) in [6.45, 7) is 7.80. The van der Waals surface area contributed by atoms with E-state index >= 15 is 0 Å². The first-order valence-electron chi connectivity index (χ1n) is 12.1. The molecule has 0 spiro atoms. The van der Waals surface area contributed by atoms with Crippen molar-refractivity contribution in [2.24, 2.45) is 14.1 Å². The molecule has 4 aromatic rings. The molecule has 0 N–H and O–H groups in total. The Balaban J connectivity index is 0.000000272. The molecule has 2 aromatic heterocycles. The van der Waals surface area contributed by atoms with Crippen molar-refractivity contribution in [1.29, 1.82) is 0 Å². The molecule has 0 radical (unpaired) electrons. The fraction of sp³-hybridized carbons (Fsp3) is 0.333. The molecule has 0 unspecified atom stereocenters. The fourth-order valence-electron chi connectivity index (χ4n) is 4.55. The zero-order valence-electron chi connectivity index (χ0n) is 23.7. The van der Waals surface area contributed by atoms with Crippen molar-refractivity contribution in [1.82, 2.24) is 18.7 Å². The van der Waals surface area contributed by atoms with E-state index < -0.39 is 16.0 Å². The van der Waals surface area contributed by atoms with Crippen LogP contribution in [0.4, 0.5) is 5.69 Å². The van der Waals surface area contributed by atoms with Gasteiger partial charge in [0.05, 0.1) is 17.1 Å². The topological polar surface area (TPSA) is 114 Å². The van der Waals surface area contributed by atoms with Gasteiger partial charge in [-0.1, -0.05) is 50.2 Å². The van der Waals surface area contributed by atoms with Crippen LogP contribution in [0, 0.1) is 13.8 Å². The van der Waals surface area contributed by atoms with E-state index in [1.807, 2.05) is 55.1 Å². The molecule has 204 valence electrons. The summed E-state index contributed by atoms with van der Waals surface area (Å²) in [4.78, 5) is 26.1. The van der Waals surface area contributed by atoms with Crippen LogP contribution in [0.5, 0.6) is 0 Å². The van der Waals surface area contributed by atoms with Crippen LogP contribution in [0.1, 0.15) is 36.7 Å². The molecule has 0 saturated heterocycles. The van der Waals surface area contributed by atoms with Crippen LogP contribution >= 0.6 is 0 Å². The fourth-order valence-corrected chi connectivity index (χ4v) is 5.15. The van der Waals surface area contributed by atoms with Crippen LogP contribution in [0.25, 0.3) is 11.4 Å². The van der Waals surface area contributed by atoms with E-state index in [1.165, 1.54) is 16.6 Å². The molecule has 10 nitrogen and oxygen atoms in total. The van der Waals surface area contributed by atoms with E-state index in [-0.39, 0.29) is 52.3 Å². The first kappa shape index (κ1) is 32.4. The largest absolute Gasteiger partial charge is 1.00 e. The summed E-state index contributed by atoms with van der Waals surface area (Å²) in [7, 11) is 0.584. The maximum absolute atomic E-state index is 12.5. The molecular weight excluding hydrogens is 529 g/mol. The van der Waals surface area contributed by atoms with Crippen LogP contribution in [0.2, 0.25) is 0 Å². The van der Waals surface area contributed by atoms with Gasteiger partial charge in [0.25, 0.3) is 11.1 Å². The second kappa shape index (κ2) is 13.0. The Kier molecular flexibility index (Phi) is 10.8. The van der Waals surface area contributed by atoms with Gasteiger partial charge in [-0.2, -0.15) is 0 Å². The number of hydrogen-bond donors (Lipinski definition) is 0. The Morgan fingerprint density at radius 1 is 0.795 bits per heavy atom. The predicted molar refractivity (Wildman–Crippen MR) is 149 cm³/mol. The number of aromatic nitrogens is 4. The van der Waals surface area contributed by atoms with Gasteiger partial charge < -0.3 is 9.45 Å². The number of rotatable bonds is 6. The Bertz CT molecular complexity index is 1640. The molecule has 2 aromatic carbocycles. The number of para-hydroxylation sites is 2. The Labute approximate surface area is 251 Å². The molecule has 0 atom stereocenters. The van der Waals surface area contributed by atoms with E-state index in [9.17, 15) is 22.6 Å². The number of anilines is 1. The van der Waals surface area contributed by atoms with Crippen LogP contribution in [-0.4, -0.2) is 44.6 Å². The van der Waals surface area contributed by atoms with E-state index in [0.29, 0.717) is 11.4 Å². The second-order valence-corrected chi connectivity index (χ2v) is 10.8. The minimum Gasteiger partial charge on any atom is -0.747 e. The summed E-state index contributed by atoms with van der Waals surface area (Å²) >= 11 is 0. The van der Waals surface area contributed by atoms with Crippen molar-refractivity contribution >= 4 is 15.8 Å². The van der Waals surface area contributed by atoms with Crippen molar-refractivity contribution in [3.63, 3.8) is 0 Å². The molecule has 0 amide bonds. The van der Waals surface area contributed by atoms with Crippen molar-refractivity contribution in [3.8, 4) is 11.4 Å². The molecule has 0 aliphatic carbocycles. The predicted octanol–water partition coefficient (Wildman–Crippen LogP) is 0.0351. The van der Waals surface area contributed by atoms with Crippen LogP contribution in [-0.2, 0) is 24.2 Å². The Hall–Kier alpha value is -2.83. The van der Waals surface area contributed by atoms with Gasteiger partial charge in [0, 0.05) is 32.4 Å². The Morgan fingerprint density at radius 3 is 1.59 bits per heavy atom. The van der Waals surface area contributed by atoms with E-state index in [0.717, 1.165) is 16.9 Å². The van der Waals surface area contributed by atoms with Gasteiger partial charge in [-0.25, -0.2) is 17.8 Å². The molecule has 12 heteroatoms. The molecule has 39 heavy (non-hydrogen) atoms. The van der Waals surface area contributed by atoms with Crippen molar-refractivity contribution in [3.05, 3.63) is 98.3 Å². The van der Waals surface area contributed by atoms with Gasteiger partial charge in [-0.3, -0.25) is 19.0 Å². The average Bonchev–Trinajstić information content (AvgIpc) is 3.21. The molecule has 2 heterocycles. The minimum absolute atomic E-state index is 0. The van der Waals surface area contributed by atoms with Crippen molar-refractivity contribution in [2.75, 3.05) is 17.8 Å². The SMILES string of the molecule is Cc1c(C(C)C)c(=O)n(-c2ccccc2)n1C.Cc1c(N(C)CS(=O)(=O)[O-])c(=O)n(-c2ccccc2)n1C.[Na+]. The average molecular weight is 564 g/mol. The smallest absolute Gasteiger partial charge is 0.747 e. The maximum Gasteiger partial charge on any atom is 1.00 e. The molecule has 4 rings (SSSR count). The number of hydrogen-bond acceptors (Lipinski definition) is 6. The summed E-state index contributed by atoms with van der Waals surface area (Å²) in [6.07, 6.45) is 0. The Morgan fingerprint density at radius 2 is 1.21 bits per heavy atom. The van der Waals surface area contributed by atoms with Gasteiger partial charge in [0.1, 0.15) is 21.7 Å². The molecule has 0 saturated carbocycles. The summed E-state index contributed by atoms with van der Waals surface area (Å²) in [5.74, 6) is -0.499. The van der Waals surface area contributed by atoms with Gasteiger partial charge in [-0.15, -0.1) is 0 Å². The monoisotopic (exact) mass is 563 g/mol. The van der Waals surface area contributed by atoms with Crippen LogP contribution < -0.4 is 45.6 Å². The van der Waals surface area contributed by atoms with Crippen molar-refractivity contribution in [2.45, 2.75) is 33.6 Å². The summed E-state index contributed by atoms with van der Waals surface area (Å²) in [5, 5.41) is 0. The zero-order valence-corrected chi connectivity index (χ0v) is 26.6.